The van der Waals surface area contributed by atoms with E-state index in [0.29, 0.717) is 25.9 Å². The van der Waals surface area contributed by atoms with Crippen molar-refractivity contribution in [1.29, 1.82) is 0 Å². The smallest absolute Gasteiger partial charge is 0.417 e. The molecule has 0 aliphatic carbocycles. The van der Waals surface area contributed by atoms with E-state index >= 15 is 0 Å². The highest BCUT2D eigenvalue weighted by atomic mass is 35.5. The summed E-state index contributed by atoms with van der Waals surface area (Å²) >= 11 is 5.90. The van der Waals surface area contributed by atoms with Gasteiger partial charge in [-0.2, -0.15) is 13.2 Å². The molecule has 202 valence electrons. The number of halogens is 6. The number of anilines is 1. The van der Waals surface area contributed by atoms with Crippen LogP contribution in [0.5, 0.6) is 0 Å². The van der Waals surface area contributed by atoms with Gasteiger partial charge in [0.2, 0.25) is 5.92 Å². The molecule has 3 rings (SSSR count). The summed E-state index contributed by atoms with van der Waals surface area (Å²) in [4.78, 5) is 28.4. The largest absolute Gasteiger partial charge is 0.444 e. The second kappa shape index (κ2) is 10.6. The van der Waals surface area contributed by atoms with Gasteiger partial charge in [-0.15, -0.1) is 0 Å². The summed E-state index contributed by atoms with van der Waals surface area (Å²) in [6.45, 7) is 5.84. The van der Waals surface area contributed by atoms with E-state index in [1.165, 1.54) is 9.80 Å². The molecular formula is C24H31ClF5N3O3. The van der Waals surface area contributed by atoms with Gasteiger partial charge in [-0.3, -0.25) is 4.79 Å². The summed E-state index contributed by atoms with van der Waals surface area (Å²) in [5.74, 6) is -3.56. The molecule has 0 saturated carbocycles. The molecule has 2 aliphatic heterocycles. The molecular weight excluding hydrogens is 509 g/mol. The highest BCUT2D eigenvalue weighted by Crippen LogP contribution is 2.40. The van der Waals surface area contributed by atoms with Gasteiger partial charge in [0.15, 0.2) is 0 Å². The monoisotopic (exact) mass is 539 g/mol. The average molecular weight is 540 g/mol. The van der Waals surface area contributed by atoms with Gasteiger partial charge in [0.1, 0.15) is 5.60 Å². The Hall–Kier alpha value is -2.30. The molecule has 0 unspecified atom stereocenters. The number of carbonyl (C=O) groups excluding carboxylic acids is 2. The first-order valence-corrected chi connectivity index (χ1v) is 12.3. The van der Waals surface area contributed by atoms with E-state index in [0.717, 1.165) is 12.1 Å². The lowest BCUT2D eigenvalue weighted by molar-refractivity contribution is -0.137. The number of likely N-dealkylation sites (tertiary alicyclic amines) is 1. The SMILES string of the molecule is CC(C)(C)OC(=O)N1CCC(NC(=O)c2cc(Cl)c(C(F)(F)F)cc2N2CCCC(F)(F)CC2)CC1. The van der Waals surface area contributed by atoms with Crippen LogP contribution >= 0.6 is 11.6 Å². The average Bonchev–Trinajstić information content (AvgIpc) is 2.92. The van der Waals surface area contributed by atoms with E-state index in [2.05, 4.69) is 5.32 Å². The molecule has 1 N–H and O–H groups in total. The van der Waals surface area contributed by atoms with Gasteiger partial charge < -0.3 is 19.9 Å². The van der Waals surface area contributed by atoms with Gasteiger partial charge in [0.25, 0.3) is 5.91 Å². The lowest BCUT2D eigenvalue weighted by Crippen LogP contribution is -2.48. The number of nitrogens with zero attached hydrogens (tertiary/aromatic N) is 2. The Labute approximate surface area is 212 Å². The molecule has 2 aliphatic rings. The van der Waals surface area contributed by atoms with Gasteiger partial charge in [-0.25, -0.2) is 13.6 Å². The van der Waals surface area contributed by atoms with Crippen molar-refractivity contribution in [3.8, 4) is 0 Å². The Morgan fingerprint density at radius 3 is 2.28 bits per heavy atom. The summed E-state index contributed by atoms with van der Waals surface area (Å²) in [6, 6.07) is 1.39. The first-order valence-electron chi connectivity index (χ1n) is 11.9. The third-order valence-electron chi connectivity index (χ3n) is 6.18. The number of amides is 2. The van der Waals surface area contributed by atoms with Crippen LogP contribution in [-0.4, -0.2) is 60.6 Å². The van der Waals surface area contributed by atoms with Crippen LogP contribution in [0, 0.1) is 0 Å². The van der Waals surface area contributed by atoms with E-state index in [9.17, 15) is 31.5 Å². The van der Waals surface area contributed by atoms with E-state index in [-0.39, 0.29) is 43.2 Å². The quantitative estimate of drug-likeness (QED) is 0.471. The van der Waals surface area contributed by atoms with Gasteiger partial charge in [-0.05, 0) is 52.2 Å². The first kappa shape index (κ1) is 28.3. The number of alkyl halides is 5. The van der Waals surface area contributed by atoms with Crippen LogP contribution in [-0.2, 0) is 10.9 Å². The zero-order chi connectivity index (χ0) is 26.9. The predicted octanol–water partition coefficient (Wildman–Crippen LogP) is 6.11. The number of ether oxygens (including phenoxy) is 1. The highest BCUT2D eigenvalue weighted by molar-refractivity contribution is 6.32. The van der Waals surface area contributed by atoms with E-state index in [1.807, 2.05) is 0 Å². The third kappa shape index (κ3) is 7.36. The zero-order valence-corrected chi connectivity index (χ0v) is 21.2. The maximum absolute atomic E-state index is 13.9. The second-order valence-corrected chi connectivity index (χ2v) is 10.7. The molecule has 0 aromatic heterocycles. The molecule has 1 aromatic carbocycles. The molecule has 0 spiro atoms. The minimum absolute atomic E-state index is 0.0706. The van der Waals surface area contributed by atoms with Crippen molar-refractivity contribution in [2.75, 3.05) is 31.1 Å². The fourth-order valence-electron chi connectivity index (χ4n) is 4.32. The van der Waals surface area contributed by atoms with Crippen molar-refractivity contribution in [1.82, 2.24) is 10.2 Å². The van der Waals surface area contributed by atoms with Crippen LogP contribution in [0.2, 0.25) is 5.02 Å². The van der Waals surface area contributed by atoms with Crippen molar-refractivity contribution < 1.29 is 36.3 Å². The summed E-state index contributed by atoms with van der Waals surface area (Å²) in [7, 11) is 0. The van der Waals surface area contributed by atoms with E-state index in [4.69, 9.17) is 16.3 Å². The van der Waals surface area contributed by atoms with Crippen LogP contribution in [0.1, 0.15) is 68.8 Å². The Bertz CT molecular complexity index is 973. The van der Waals surface area contributed by atoms with Gasteiger partial charge in [-0.1, -0.05) is 11.6 Å². The molecule has 0 radical (unpaired) electrons. The number of hydrogen-bond acceptors (Lipinski definition) is 4. The number of piperidine rings is 1. The van der Waals surface area contributed by atoms with Gasteiger partial charge >= 0.3 is 12.3 Å². The molecule has 2 amide bonds. The summed E-state index contributed by atoms with van der Waals surface area (Å²) in [5.41, 5.74) is -1.95. The third-order valence-corrected chi connectivity index (χ3v) is 6.49. The van der Waals surface area contributed by atoms with Crippen LogP contribution in [0.4, 0.5) is 32.4 Å². The minimum atomic E-state index is -4.77. The Kier molecular flexibility index (Phi) is 8.32. The standard InChI is InChI=1S/C24H31ClF5N3O3/c1-22(2,3)36-21(35)33-10-5-15(6-11-33)31-20(34)16-13-18(25)17(24(28,29)30)14-19(16)32-9-4-7-23(26,27)8-12-32/h13-15H,4-12H2,1-3H3,(H,31,34). The lowest BCUT2D eigenvalue weighted by atomic mass is 10.0. The summed E-state index contributed by atoms with van der Waals surface area (Å²) in [5, 5.41) is 2.16. The number of benzene rings is 1. The Balaban J connectivity index is 1.78. The van der Waals surface area contributed by atoms with Crippen LogP contribution in [0.15, 0.2) is 12.1 Å². The normalized spacial score (nSPS) is 19.6. The number of rotatable bonds is 3. The molecule has 2 saturated heterocycles. The molecule has 36 heavy (non-hydrogen) atoms. The lowest BCUT2D eigenvalue weighted by Gasteiger charge is -2.34. The molecule has 2 heterocycles. The minimum Gasteiger partial charge on any atom is -0.444 e. The number of hydrogen-bond donors (Lipinski definition) is 1. The second-order valence-electron chi connectivity index (χ2n) is 10.3. The molecule has 6 nitrogen and oxygen atoms in total. The molecule has 0 atom stereocenters. The number of nitrogens with one attached hydrogen (secondary N) is 1. The predicted molar refractivity (Wildman–Crippen MR) is 126 cm³/mol. The Morgan fingerprint density at radius 1 is 1.06 bits per heavy atom. The van der Waals surface area contributed by atoms with Crippen molar-refractivity contribution in [2.45, 2.75) is 76.6 Å². The van der Waals surface area contributed by atoms with E-state index < -0.39 is 46.7 Å². The van der Waals surface area contributed by atoms with Crippen molar-refractivity contribution >= 4 is 29.3 Å². The summed E-state index contributed by atoms with van der Waals surface area (Å²) in [6.07, 6.45) is -5.22. The van der Waals surface area contributed by atoms with Gasteiger partial charge in [0, 0.05) is 45.1 Å². The van der Waals surface area contributed by atoms with Crippen molar-refractivity contribution in [3.63, 3.8) is 0 Å². The fraction of sp³-hybridized carbons (Fsp3) is 0.667. The van der Waals surface area contributed by atoms with Gasteiger partial charge in [0.05, 0.1) is 21.8 Å². The van der Waals surface area contributed by atoms with Crippen LogP contribution in [0.3, 0.4) is 0 Å². The number of carbonyl (C=O) groups is 2. The topological polar surface area (TPSA) is 61.9 Å². The highest BCUT2D eigenvalue weighted by Gasteiger charge is 2.37. The van der Waals surface area contributed by atoms with Crippen molar-refractivity contribution in [3.05, 3.63) is 28.3 Å². The maximum Gasteiger partial charge on any atom is 0.417 e. The Morgan fingerprint density at radius 2 is 1.69 bits per heavy atom. The van der Waals surface area contributed by atoms with Crippen molar-refractivity contribution in [2.24, 2.45) is 0 Å². The molecule has 2 fully saturated rings. The fourth-order valence-corrected chi connectivity index (χ4v) is 4.59. The zero-order valence-electron chi connectivity index (χ0n) is 20.5. The van der Waals surface area contributed by atoms with E-state index in [1.54, 1.807) is 20.8 Å². The van der Waals surface area contributed by atoms with Crippen LogP contribution < -0.4 is 10.2 Å². The molecule has 12 heteroatoms. The summed E-state index contributed by atoms with van der Waals surface area (Å²) < 4.78 is 73.8. The first-order chi connectivity index (χ1) is 16.6. The van der Waals surface area contributed by atoms with Crippen LogP contribution in [0.25, 0.3) is 0 Å². The molecule has 1 aromatic rings. The molecule has 0 bridgehead atoms. The maximum atomic E-state index is 13.9.